The van der Waals surface area contributed by atoms with Crippen molar-refractivity contribution in [2.45, 2.75) is 13.1 Å². The highest BCUT2D eigenvalue weighted by Crippen LogP contribution is 2.16. The Hall–Kier alpha value is -2.52. The van der Waals surface area contributed by atoms with Crippen LogP contribution in [0.3, 0.4) is 0 Å². The summed E-state index contributed by atoms with van der Waals surface area (Å²) in [6.07, 6.45) is 0. The van der Waals surface area contributed by atoms with Crippen molar-refractivity contribution in [3.05, 3.63) is 80.2 Å². The average molecular weight is 495 g/mol. The Morgan fingerprint density at radius 2 is 0.971 bits per heavy atom. The van der Waals surface area contributed by atoms with E-state index in [1.807, 2.05) is 9.80 Å². The first kappa shape index (κ1) is 23.2. The van der Waals surface area contributed by atoms with Gasteiger partial charge in [0.05, 0.1) is 0 Å². The third-order valence-electron chi connectivity index (χ3n) is 6.67. The topological polar surface area (TPSA) is 47.1 Å². The summed E-state index contributed by atoms with van der Waals surface area (Å²) in [6.45, 7) is 8.38. The molecule has 0 bridgehead atoms. The van der Waals surface area contributed by atoms with Crippen LogP contribution >= 0.6 is 22.7 Å². The SMILES string of the molecule is O=C(c1ccc(C(=O)N2CCN(Cc3ccsc3)CC2)cc1)N1CCN(Cc2ccsc2)CC1. The summed E-state index contributed by atoms with van der Waals surface area (Å²) in [5.41, 5.74) is 4.00. The first-order valence-electron chi connectivity index (χ1n) is 11.8. The number of piperazine rings is 2. The maximum atomic E-state index is 13.0. The fraction of sp³-hybridized carbons (Fsp3) is 0.385. The first-order chi connectivity index (χ1) is 16.7. The number of thiophene rings is 2. The number of hydrogen-bond acceptors (Lipinski definition) is 6. The van der Waals surface area contributed by atoms with Crippen molar-refractivity contribution in [3.8, 4) is 0 Å². The van der Waals surface area contributed by atoms with Crippen molar-refractivity contribution >= 4 is 34.5 Å². The highest BCUT2D eigenvalue weighted by Gasteiger charge is 2.24. The van der Waals surface area contributed by atoms with Gasteiger partial charge in [0.1, 0.15) is 0 Å². The highest BCUT2D eigenvalue weighted by molar-refractivity contribution is 7.08. The number of carbonyl (C=O) groups is 2. The van der Waals surface area contributed by atoms with Gasteiger partial charge >= 0.3 is 0 Å². The minimum Gasteiger partial charge on any atom is -0.336 e. The zero-order valence-corrected chi connectivity index (χ0v) is 20.9. The summed E-state index contributed by atoms with van der Waals surface area (Å²) in [6, 6.07) is 11.5. The van der Waals surface area contributed by atoms with Gasteiger partial charge in [-0.15, -0.1) is 0 Å². The Balaban J connectivity index is 1.10. The predicted octanol–water partition coefficient (Wildman–Crippen LogP) is 3.73. The van der Waals surface area contributed by atoms with Gasteiger partial charge in [0, 0.05) is 76.6 Å². The minimum absolute atomic E-state index is 0.0521. The molecule has 3 aromatic rings. The molecule has 1 aromatic carbocycles. The summed E-state index contributed by atoms with van der Waals surface area (Å²) in [5.74, 6) is 0.104. The van der Waals surface area contributed by atoms with Gasteiger partial charge in [-0.2, -0.15) is 22.7 Å². The van der Waals surface area contributed by atoms with E-state index in [-0.39, 0.29) is 11.8 Å². The molecule has 2 aromatic heterocycles. The summed E-state index contributed by atoms with van der Waals surface area (Å²) < 4.78 is 0. The van der Waals surface area contributed by atoms with Crippen molar-refractivity contribution < 1.29 is 9.59 Å². The molecule has 0 unspecified atom stereocenters. The standard InChI is InChI=1S/C26H30N4O2S2/c31-25(29-11-7-27(8-12-29)17-21-5-15-33-19-21)23-1-2-24(4-3-23)26(32)30-13-9-28(10-14-30)18-22-6-16-34-20-22/h1-6,15-16,19-20H,7-14,17-18H2. The Morgan fingerprint density at radius 3 is 1.29 bits per heavy atom. The van der Waals surface area contributed by atoms with Gasteiger partial charge in [0.2, 0.25) is 0 Å². The molecule has 34 heavy (non-hydrogen) atoms. The van der Waals surface area contributed by atoms with Crippen LogP contribution in [0, 0.1) is 0 Å². The van der Waals surface area contributed by atoms with Crippen LogP contribution in [-0.4, -0.2) is 83.8 Å². The maximum Gasteiger partial charge on any atom is 0.253 e. The van der Waals surface area contributed by atoms with E-state index in [0.717, 1.165) is 65.4 Å². The van der Waals surface area contributed by atoms with E-state index in [1.54, 1.807) is 46.9 Å². The average Bonchev–Trinajstić information content (AvgIpc) is 3.59. The third-order valence-corrected chi connectivity index (χ3v) is 8.13. The van der Waals surface area contributed by atoms with Crippen LogP contribution in [-0.2, 0) is 13.1 Å². The van der Waals surface area contributed by atoms with E-state index < -0.39 is 0 Å². The van der Waals surface area contributed by atoms with E-state index in [2.05, 4.69) is 43.5 Å². The maximum absolute atomic E-state index is 13.0. The third kappa shape index (κ3) is 5.58. The molecule has 0 radical (unpaired) electrons. The number of nitrogens with zero attached hydrogens (tertiary/aromatic N) is 4. The monoisotopic (exact) mass is 494 g/mol. The van der Waals surface area contributed by atoms with Gasteiger partial charge in [-0.25, -0.2) is 0 Å². The van der Waals surface area contributed by atoms with Crippen molar-refractivity contribution in [3.63, 3.8) is 0 Å². The summed E-state index contributed by atoms with van der Waals surface area (Å²) in [5, 5.41) is 8.59. The summed E-state index contributed by atoms with van der Waals surface area (Å²) in [7, 11) is 0. The Bertz CT molecular complexity index is 979. The first-order valence-corrected chi connectivity index (χ1v) is 13.7. The van der Waals surface area contributed by atoms with Crippen LogP contribution in [0.1, 0.15) is 31.8 Å². The van der Waals surface area contributed by atoms with E-state index in [1.165, 1.54) is 11.1 Å². The molecular formula is C26H30N4O2S2. The summed E-state index contributed by atoms with van der Waals surface area (Å²) >= 11 is 3.45. The van der Waals surface area contributed by atoms with Gasteiger partial charge in [-0.1, -0.05) is 0 Å². The Morgan fingerprint density at radius 1 is 0.588 bits per heavy atom. The molecule has 0 atom stereocenters. The van der Waals surface area contributed by atoms with Crippen LogP contribution in [0.2, 0.25) is 0 Å². The molecule has 2 aliphatic heterocycles. The fourth-order valence-corrected chi connectivity index (χ4v) is 5.94. The van der Waals surface area contributed by atoms with Crippen molar-refractivity contribution in [2.75, 3.05) is 52.4 Å². The van der Waals surface area contributed by atoms with E-state index in [0.29, 0.717) is 11.1 Å². The lowest BCUT2D eigenvalue weighted by Gasteiger charge is -2.35. The van der Waals surface area contributed by atoms with Gasteiger partial charge in [0.15, 0.2) is 0 Å². The van der Waals surface area contributed by atoms with Crippen molar-refractivity contribution in [2.24, 2.45) is 0 Å². The smallest absolute Gasteiger partial charge is 0.253 e. The van der Waals surface area contributed by atoms with Gasteiger partial charge in [-0.3, -0.25) is 19.4 Å². The minimum atomic E-state index is 0.0521. The van der Waals surface area contributed by atoms with Crippen LogP contribution in [0.15, 0.2) is 57.9 Å². The second-order valence-corrected chi connectivity index (χ2v) is 10.5. The fourth-order valence-electron chi connectivity index (χ4n) is 4.62. The molecule has 0 spiro atoms. The zero-order valence-electron chi connectivity index (χ0n) is 19.3. The molecule has 2 fully saturated rings. The van der Waals surface area contributed by atoms with Crippen LogP contribution in [0.4, 0.5) is 0 Å². The second-order valence-electron chi connectivity index (χ2n) is 8.98. The highest BCUT2D eigenvalue weighted by atomic mass is 32.1. The molecule has 2 saturated heterocycles. The molecule has 4 heterocycles. The number of carbonyl (C=O) groups excluding carboxylic acids is 2. The number of benzene rings is 1. The van der Waals surface area contributed by atoms with Gasteiger partial charge in [-0.05, 0) is 69.0 Å². The lowest BCUT2D eigenvalue weighted by atomic mass is 10.1. The molecule has 0 N–H and O–H groups in total. The van der Waals surface area contributed by atoms with E-state index >= 15 is 0 Å². The predicted molar refractivity (Wildman–Crippen MR) is 137 cm³/mol. The van der Waals surface area contributed by atoms with Crippen molar-refractivity contribution in [1.29, 1.82) is 0 Å². The lowest BCUT2D eigenvalue weighted by molar-refractivity contribution is 0.0617. The van der Waals surface area contributed by atoms with E-state index in [4.69, 9.17) is 0 Å². The normalized spacial score (nSPS) is 17.8. The summed E-state index contributed by atoms with van der Waals surface area (Å²) in [4.78, 5) is 34.6. The molecule has 0 aliphatic carbocycles. The van der Waals surface area contributed by atoms with Crippen LogP contribution in [0.25, 0.3) is 0 Å². The molecule has 6 nitrogen and oxygen atoms in total. The zero-order chi connectivity index (χ0) is 23.3. The largest absolute Gasteiger partial charge is 0.336 e. The quantitative estimate of drug-likeness (QED) is 0.524. The molecule has 8 heteroatoms. The Kier molecular flexibility index (Phi) is 7.39. The van der Waals surface area contributed by atoms with Crippen molar-refractivity contribution in [1.82, 2.24) is 19.6 Å². The molecule has 178 valence electrons. The van der Waals surface area contributed by atoms with Crippen LogP contribution in [0.5, 0.6) is 0 Å². The molecule has 2 aliphatic rings. The lowest BCUT2D eigenvalue weighted by Crippen LogP contribution is -2.48. The van der Waals surface area contributed by atoms with Gasteiger partial charge < -0.3 is 9.80 Å². The van der Waals surface area contributed by atoms with E-state index in [9.17, 15) is 9.59 Å². The number of amides is 2. The van der Waals surface area contributed by atoms with Crippen LogP contribution < -0.4 is 0 Å². The number of hydrogen-bond donors (Lipinski definition) is 0. The second kappa shape index (κ2) is 10.8. The molecule has 5 rings (SSSR count). The number of rotatable bonds is 6. The Labute approximate surface area is 209 Å². The molecular weight excluding hydrogens is 464 g/mol. The molecule has 0 saturated carbocycles. The van der Waals surface area contributed by atoms with Gasteiger partial charge in [0.25, 0.3) is 11.8 Å². The molecule has 2 amide bonds.